The lowest BCUT2D eigenvalue weighted by Gasteiger charge is -2.14. The van der Waals surface area contributed by atoms with Gasteiger partial charge in [-0.3, -0.25) is 4.79 Å². The summed E-state index contributed by atoms with van der Waals surface area (Å²) in [6, 6.07) is 9.05. The number of aromatic nitrogens is 7. The van der Waals surface area contributed by atoms with Crippen molar-refractivity contribution >= 4 is 62.9 Å². The summed E-state index contributed by atoms with van der Waals surface area (Å²) in [5.74, 6) is -4.74. The number of rotatable bonds is 38. The molecule has 0 spiro atoms. The van der Waals surface area contributed by atoms with Gasteiger partial charge in [0.2, 0.25) is 11.0 Å². The zero-order chi connectivity index (χ0) is 61.7. The van der Waals surface area contributed by atoms with E-state index < -0.39 is 45.7 Å². The highest BCUT2D eigenvalue weighted by Crippen LogP contribution is 2.39. The normalized spacial score (nSPS) is 13.8. The first-order valence-electron chi connectivity index (χ1n) is 26.5. The van der Waals surface area contributed by atoms with Crippen LogP contribution in [0, 0.1) is 30.3 Å². The fourth-order valence-electron chi connectivity index (χ4n) is 6.97. The Morgan fingerprint density at radius 1 is 0.833 bits per heavy atom. The third kappa shape index (κ3) is 32.4. The van der Waals surface area contributed by atoms with Crippen LogP contribution in [-0.4, -0.2) is 199 Å². The number of anilines is 2. The molecule has 1 saturated heterocycles. The fourth-order valence-corrected chi connectivity index (χ4v) is 8.59. The first kappa shape index (κ1) is 74.9. The summed E-state index contributed by atoms with van der Waals surface area (Å²) < 4.78 is 97.0. The molecule has 0 amide bonds. The molecule has 4 heterocycles. The number of nitrogens with one attached hydrogen (secondary N) is 2. The second kappa shape index (κ2) is 47.1. The average molecular weight is 1250 g/mol. The smallest absolute Gasteiger partial charge is 0.313 e. The summed E-state index contributed by atoms with van der Waals surface area (Å²) in [7, 11) is -0.0666. The van der Waals surface area contributed by atoms with E-state index in [0.717, 1.165) is 49.3 Å². The summed E-state index contributed by atoms with van der Waals surface area (Å²) in [5, 5.41) is 27.2. The van der Waals surface area contributed by atoms with E-state index in [0.29, 0.717) is 135 Å². The number of fused-ring (bicyclic) bond motifs is 1. The van der Waals surface area contributed by atoms with Crippen LogP contribution in [0.2, 0.25) is 5.28 Å². The lowest BCUT2D eigenvalue weighted by Crippen LogP contribution is -2.15. The van der Waals surface area contributed by atoms with Gasteiger partial charge in [0.1, 0.15) is 23.6 Å². The van der Waals surface area contributed by atoms with Crippen molar-refractivity contribution in [2.45, 2.75) is 71.1 Å². The first-order valence-corrected chi connectivity index (χ1v) is 30.2. The third-order valence-corrected chi connectivity index (χ3v) is 13.6. The highest BCUT2D eigenvalue weighted by atomic mass is 35.5. The molecule has 84 heavy (non-hydrogen) atoms. The number of carbonyl (C=O) groups excluding carboxylic acids is 2. The number of aliphatic hydroxyl groups excluding tert-OH is 1. The molecule has 5 aromatic rings. The van der Waals surface area contributed by atoms with Gasteiger partial charge in [-0.2, -0.15) is 15.1 Å². The maximum Gasteiger partial charge on any atom is 0.313 e. The molecule has 0 saturated carbocycles. The van der Waals surface area contributed by atoms with E-state index in [2.05, 4.69) is 72.7 Å². The number of ether oxygens (including phenoxy) is 10. The van der Waals surface area contributed by atoms with Gasteiger partial charge >= 0.3 is 5.97 Å². The van der Waals surface area contributed by atoms with Gasteiger partial charge in [0.05, 0.1) is 148 Å². The molecular formula is C53H79ClF3N9O16P2. The van der Waals surface area contributed by atoms with Crippen molar-refractivity contribution in [2.24, 2.45) is 0 Å². The number of hydrogen-bond acceptors (Lipinski definition) is 23. The van der Waals surface area contributed by atoms with Crippen molar-refractivity contribution < 1.29 is 89.9 Å². The number of aldehydes is 1. The van der Waals surface area contributed by atoms with Crippen molar-refractivity contribution in [3.8, 4) is 18.6 Å². The molecule has 0 aliphatic carbocycles. The molecule has 25 nitrogen and oxygen atoms in total. The average Bonchev–Trinajstić information content (AvgIpc) is 3.79. The van der Waals surface area contributed by atoms with E-state index in [-0.39, 0.29) is 49.8 Å². The second-order valence-corrected chi connectivity index (χ2v) is 20.6. The largest absolute Gasteiger partial charge is 0.420 e. The van der Waals surface area contributed by atoms with Crippen molar-refractivity contribution in [1.29, 1.82) is 0 Å². The Hall–Kier alpha value is -5.15. The van der Waals surface area contributed by atoms with Gasteiger partial charge in [0, 0.05) is 53.1 Å². The molecule has 6 rings (SSSR count). The number of aliphatic hydroxyl groups is 1. The Labute approximate surface area is 494 Å². The van der Waals surface area contributed by atoms with Crippen LogP contribution in [0.1, 0.15) is 56.5 Å². The van der Waals surface area contributed by atoms with Crippen molar-refractivity contribution in [3.05, 3.63) is 82.8 Å². The van der Waals surface area contributed by atoms with Gasteiger partial charge in [0.15, 0.2) is 31.9 Å². The second-order valence-electron chi connectivity index (χ2n) is 17.0. The van der Waals surface area contributed by atoms with Crippen molar-refractivity contribution in [1.82, 2.24) is 34.7 Å². The molecule has 31 heteroatoms. The molecule has 470 valence electrons. The highest BCUT2D eigenvalue weighted by molar-refractivity contribution is 7.65. The van der Waals surface area contributed by atoms with Crippen molar-refractivity contribution in [2.75, 3.05) is 136 Å². The lowest BCUT2D eigenvalue weighted by molar-refractivity contribution is -0.136. The van der Waals surface area contributed by atoms with Crippen LogP contribution in [0.5, 0.6) is 5.75 Å². The van der Waals surface area contributed by atoms with E-state index in [1.165, 1.54) is 0 Å². The van der Waals surface area contributed by atoms with E-state index in [4.69, 9.17) is 74.0 Å². The van der Waals surface area contributed by atoms with Gasteiger partial charge in [-0.15, -0.1) is 17.9 Å². The lowest BCUT2D eigenvalue weighted by atomic mass is 10.2. The molecule has 1 aliphatic rings. The standard InChI is InChI=1S/C29H42F3N3O11.C19H23ClN6O.C2H8O3P2.C2H2.CH4O/c30-24-20-26(31)29(27(32)21-24)46-28(37)2-6-39-9-12-42-14-15-43-13-10-40-7-3-35-22-25(33-34-35)23-45-19-18-44-17-16-41-11-8-38-5-1-4-36;1-3-14-7-8-16(27-14)26-18-15(11-23-26)17(24-19(20)25-18)22-10-12-5-4-6-13(9-12)21-2;1-6(3)2-7(4)5;2*1-2/h4,20-22H,1-3,5-19,23H2;4-6,9,11,14,16,21H,3,7-8,10H2,1-2H3,(H,22,24,25);3-5H,2H2,1H3;1-2H;2H,1H3. The van der Waals surface area contributed by atoms with Crippen LogP contribution < -0.4 is 15.4 Å². The topological polar surface area (TPSA) is 306 Å². The van der Waals surface area contributed by atoms with Crippen LogP contribution in [0.25, 0.3) is 11.0 Å². The summed E-state index contributed by atoms with van der Waals surface area (Å²) >= 11 is 6.19. The van der Waals surface area contributed by atoms with E-state index in [1.807, 2.05) is 23.9 Å². The Bertz CT molecular complexity index is 2540. The number of halogens is 4. The maximum absolute atomic E-state index is 13.5. The van der Waals surface area contributed by atoms with Crippen LogP contribution in [-0.2, 0) is 71.9 Å². The summed E-state index contributed by atoms with van der Waals surface area (Å²) in [4.78, 5) is 55.5. The monoisotopic (exact) mass is 1250 g/mol. The van der Waals surface area contributed by atoms with Gasteiger partial charge < -0.3 is 82.6 Å². The van der Waals surface area contributed by atoms with Gasteiger partial charge in [0.25, 0.3) is 0 Å². The fraction of sp³-hybridized carbons (Fsp3) is 0.566. The number of carbonyl (C=O) groups is 2. The number of nitrogens with zero attached hydrogens (tertiary/aromatic N) is 7. The number of hydrogen-bond donors (Lipinski definition) is 6. The highest BCUT2D eigenvalue weighted by Gasteiger charge is 2.28. The molecule has 3 aromatic heterocycles. The molecule has 2 aromatic carbocycles. The van der Waals surface area contributed by atoms with E-state index >= 15 is 0 Å². The van der Waals surface area contributed by atoms with Crippen LogP contribution >= 0.6 is 28.1 Å². The van der Waals surface area contributed by atoms with E-state index in [9.17, 15) is 22.8 Å². The van der Waals surface area contributed by atoms with Crippen LogP contribution in [0.4, 0.5) is 24.7 Å². The molecule has 3 unspecified atom stereocenters. The number of terminal acetylenes is 1. The van der Waals surface area contributed by atoms with Gasteiger partial charge in [-0.25, -0.2) is 22.5 Å². The van der Waals surface area contributed by atoms with E-state index in [1.54, 1.807) is 23.7 Å². The SMILES string of the molecule is C#C.CCC1CCC(n2ncc3c(NCc4cccc(NC)c4)nc(Cl)nc32)O1.CO.CP(O)CP(O)O.O=CCCOCCOCCOCCOCc1cn(CCOCCOCCOCCOCCC(=O)Oc2c(F)cc(F)cc2F)nn1. The minimum absolute atomic E-state index is 0.0407. The maximum atomic E-state index is 13.5. The summed E-state index contributed by atoms with van der Waals surface area (Å²) in [6.45, 7) is 10.6. The zero-order valence-corrected chi connectivity index (χ0v) is 50.2. The Balaban J connectivity index is 0.000000529. The molecule has 0 bridgehead atoms. The quantitative estimate of drug-likeness (QED) is 0.00484. The van der Waals surface area contributed by atoms with Crippen molar-refractivity contribution in [3.63, 3.8) is 0 Å². The minimum Gasteiger partial charge on any atom is -0.420 e. The Morgan fingerprint density at radius 3 is 1.96 bits per heavy atom. The Kier molecular flexibility index (Phi) is 42.0. The third-order valence-electron chi connectivity index (χ3n) is 10.8. The number of esters is 1. The van der Waals surface area contributed by atoms with Crippen LogP contribution in [0.15, 0.2) is 48.8 Å². The predicted molar refractivity (Wildman–Crippen MR) is 309 cm³/mol. The molecule has 1 fully saturated rings. The zero-order valence-electron chi connectivity index (χ0n) is 47.7. The van der Waals surface area contributed by atoms with Gasteiger partial charge in [-0.05, 0) is 55.2 Å². The predicted octanol–water partition coefficient (Wildman–Crippen LogP) is 6.25. The number of benzene rings is 2. The summed E-state index contributed by atoms with van der Waals surface area (Å²) in [6.07, 6.45) is 15.7. The molecule has 1 aliphatic heterocycles. The molecule has 0 radical (unpaired) electrons. The molecule has 6 N–H and O–H groups in total. The molecule has 3 atom stereocenters. The van der Waals surface area contributed by atoms with Crippen LogP contribution in [0.3, 0.4) is 0 Å². The van der Waals surface area contributed by atoms with Gasteiger partial charge in [-0.1, -0.05) is 24.3 Å². The first-order chi connectivity index (χ1) is 40.8. The molecular weight excluding hydrogens is 1170 g/mol. The summed E-state index contributed by atoms with van der Waals surface area (Å²) in [5.41, 5.74) is 3.60. The minimum atomic E-state index is -1.86. The Morgan fingerprint density at radius 2 is 1.42 bits per heavy atom.